The molecule has 0 aliphatic carbocycles. The highest BCUT2D eigenvalue weighted by atomic mass is 32.2. The minimum Gasteiger partial charge on any atom is -0.458 e. The fourth-order valence-corrected chi connectivity index (χ4v) is 2.12. The number of amides is 2. The first-order valence-electron chi connectivity index (χ1n) is 6.91. The topological polar surface area (TPSA) is 98.5 Å². The minimum atomic E-state index is -0.669. The standard InChI is InChI=1S/C14H26N2O4S/c1-9(2)12(13(19)20-14(3,4)5)16-11(18)6-7-21-8-10(15)17/h9,12H,6-8H2,1-5H3,(H2,15,17)(H,16,18)/t12-/m0/s1. The number of primary amides is 1. The fourth-order valence-electron chi connectivity index (χ4n) is 1.45. The number of hydrogen-bond donors (Lipinski definition) is 2. The molecule has 0 aliphatic heterocycles. The molecule has 0 heterocycles. The van der Waals surface area contributed by atoms with Crippen molar-refractivity contribution >= 4 is 29.5 Å². The average Bonchev–Trinajstić information content (AvgIpc) is 2.28. The van der Waals surface area contributed by atoms with Crippen LogP contribution in [-0.2, 0) is 19.1 Å². The van der Waals surface area contributed by atoms with Crippen molar-refractivity contribution in [2.24, 2.45) is 11.7 Å². The number of rotatable bonds is 8. The molecule has 21 heavy (non-hydrogen) atoms. The van der Waals surface area contributed by atoms with Crippen LogP contribution in [0, 0.1) is 5.92 Å². The third-order valence-electron chi connectivity index (χ3n) is 2.36. The summed E-state index contributed by atoms with van der Waals surface area (Å²) in [4.78, 5) is 34.4. The van der Waals surface area contributed by atoms with Crippen molar-refractivity contribution in [2.45, 2.75) is 52.7 Å². The number of carbonyl (C=O) groups is 3. The van der Waals surface area contributed by atoms with Gasteiger partial charge in [-0.3, -0.25) is 9.59 Å². The molecule has 3 N–H and O–H groups in total. The minimum absolute atomic E-state index is 0.0675. The van der Waals surface area contributed by atoms with Crippen LogP contribution in [0.5, 0.6) is 0 Å². The maximum atomic E-state index is 12.1. The number of ether oxygens (including phenoxy) is 1. The van der Waals surface area contributed by atoms with E-state index < -0.39 is 23.5 Å². The predicted octanol–water partition coefficient (Wildman–Crippen LogP) is 1.08. The average molecular weight is 318 g/mol. The number of nitrogens with two attached hydrogens (primary N) is 1. The third kappa shape index (κ3) is 10.2. The van der Waals surface area contributed by atoms with Gasteiger partial charge in [0.15, 0.2) is 0 Å². The van der Waals surface area contributed by atoms with Gasteiger partial charge in [0.05, 0.1) is 5.75 Å². The molecule has 0 saturated heterocycles. The Morgan fingerprint density at radius 1 is 1.24 bits per heavy atom. The lowest BCUT2D eigenvalue weighted by Gasteiger charge is -2.26. The smallest absolute Gasteiger partial charge is 0.329 e. The number of esters is 1. The second-order valence-electron chi connectivity index (χ2n) is 6.09. The first-order chi connectivity index (χ1) is 9.53. The van der Waals surface area contributed by atoms with Crippen molar-refractivity contribution in [2.75, 3.05) is 11.5 Å². The van der Waals surface area contributed by atoms with E-state index in [1.165, 1.54) is 11.8 Å². The SMILES string of the molecule is CC(C)[C@H](NC(=O)CCSCC(N)=O)C(=O)OC(C)(C)C. The quantitative estimate of drug-likeness (QED) is 0.515. The van der Waals surface area contributed by atoms with Crippen molar-refractivity contribution < 1.29 is 19.1 Å². The van der Waals surface area contributed by atoms with Crippen molar-refractivity contribution in [3.8, 4) is 0 Å². The summed E-state index contributed by atoms with van der Waals surface area (Å²) in [6.07, 6.45) is 0.226. The van der Waals surface area contributed by atoms with E-state index in [2.05, 4.69) is 5.32 Å². The van der Waals surface area contributed by atoms with E-state index in [1.807, 2.05) is 13.8 Å². The molecular formula is C14H26N2O4S. The lowest BCUT2D eigenvalue weighted by molar-refractivity contribution is -0.160. The molecule has 0 spiro atoms. The molecule has 0 aromatic rings. The highest BCUT2D eigenvalue weighted by Gasteiger charge is 2.28. The first-order valence-corrected chi connectivity index (χ1v) is 8.06. The molecule has 0 bridgehead atoms. The van der Waals surface area contributed by atoms with Gasteiger partial charge in [-0.2, -0.15) is 11.8 Å². The molecule has 0 fully saturated rings. The molecule has 0 aromatic heterocycles. The summed E-state index contributed by atoms with van der Waals surface area (Å²) in [5.74, 6) is -0.482. The molecule has 7 heteroatoms. The van der Waals surface area contributed by atoms with Crippen LogP contribution in [0.4, 0.5) is 0 Å². The van der Waals surface area contributed by atoms with Gasteiger partial charge in [0, 0.05) is 12.2 Å². The largest absolute Gasteiger partial charge is 0.458 e. The van der Waals surface area contributed by atoms with Crippen LogP contribution in [0.15, 0.2) is 0 Å². The molecule has 2 amide bonds. The fraction of sp³-hybridized carbons (Fsp3) is 0.786. The maximum Gasteiger partial charge on any atom is 0.329 e. The Bertz CT molecular complexity index is 378. The van der Waals surface area contributed by atoms with Gasteiger partial charge in [0.2, 0.25) is 11.8 Å². The van der Waals surface area contributed by atoms with Crippen molar-refractivity contribution in [1.29, 1.82) is 0 Å². The highest BCUT2D eigenvalue weighted by Crippen LogP contribution is 2.12. The predicted molar refractivity (Wildman–Crippen MR) is 83.8 cm³/mol. The van der Waals surface area contributed by atoms with Gasteiger partial charge in [-0.1, -0.05) is 13.8 Å². The third-order valence-corrected chi connectivity index (χ3v) is 3.34. The van der Waals surface area contributed by atoms with Crippen LogP contribution < -0.4 is 11.1 Å². The van der Waals surface area contributed by atoms with E-state index in [9.17, 15) is 14.4 Å². The summed E-state index contributed by atoms with van der Waals surface area (Å²) in [6.45, 7) is 9.03. The number of hydrogen-bond acceptors (Lipinski definition) is 5. The molecule has 0 saturated carbocycles. The van der Waals surface area contributed by atoms with Gasteiger partial charge >= 0.3 is 5.97 Å². The van der Waals surface area contributed by atoms with Crippen LogP contribution in [0.25, 0.3) is 0 Å². The molecule has 6 nitrogen and oxygen atoms in total. The van der Waals surface area contributed by atoms with Gasteiger partial charge in [-0.15, -0.1) is 0 Å². The first kappa shape index (κ1) is 19.8. The van der Waals surface area contributed by atoms with Crippen molar-refractivity contribution in [3.63, 3.8) is 0 Å². The number of carbonyl (C=O) groups excluding carboxylic acids is 3. The normalized spacial score (nSPS) is 12.9. The zero-order valence-electron chi connectivity index (χ0n) is 13.4. The van der Waals surface area contributed by atoms with Crippen LogP contribution in [-0.4, -0.2) is 40.9 Å². The lowest BCUT2D eigenvalue weighted by Crippen LogP contribution is -2.47. The summed E-state index contributed by atoms with van der Waals surface area (Å²) in [6, 6.07) is -0.669. The maximum absolute atomic E-state index is 12.1. The van der Waals surface area contributed by atoms with E-state index in [4.69, 9.17) is 10.5 Å². The number of thioether (sulfide) groups is 1. The molecule has 0 unspecified atom stereocenters. The molecular weight excluding hydrogens is 292 g/mol. The zero-order chi connectivity index (χ0) is 16.6. The summed E-state index contributed by atoms with van der Waals surface area (Å²) in [7, 11) is 0. The van der Waals surface area contributed by atoms with Gasteiger partial charge in [0.1, 0.15) is 11.6 Å². The van der Waals surface area contributed by atoms with E-state index >= 15 is 0 Å². The van der Waals surface area contributed by atoms with Crippen molar-refractivity contribution in [1.82, 2.24) is 5.32 Å². The second kappa shape index (κ2) is 8.92. The molecule has 0 rings (SSSR count). The van der Waals surface area contributed by atoms with Crippen molar-refractivity contribution in [3.05, 3.63) is 0 Å². The Balaban J connectivity index is 4.34. The highest BCUT2D eigenvalue weighted by molar-refractivity contribution is 7.99. The van der Waals surface area contributed by atoms with E-state index in [0.29, 0.717) is 5.75 Å². The Morgan fingerprint density at radius 2 is 1.81 bits per heavy atom. The Hall–Kier alpha value is -1.24. The molecule has 1 atom stereocenters. The molecule has 0 aromatic carbocycles. The zero-order valence-corrected chi connectivity index (χ0v) is 14.2. The number of nitrogens with one attached hydrogen (secondary N) is 1. The van der Waals surface area contributed by atoms with Crippen LogP contribution in [0.1, 0.15) is 41.0 Å². The van der Waals surface area contributed by atoms with E-state index in [1.54, 1.807) is 20.8 Å². The van der Waals surface area contributed by atoms with Gasteiger partial charge in [0.25, 0.3) is 0 Å². The summed E-state index contributed by atoms with van der Waals surface area (Å²) < 4.78 is 5.30. The Labute approximate surface area is 130 Å². The van der Waals surface area contributed by atoms with Crippen LogP contribution in [0.2, 0.25) is 0 Å². The summed E-state index contributed by atoms with van der Waals surface area (Å²) in [5.41, 5.74) is 4.42. The second-order valence-corrected chi connectivity index (χ2v) is 7.20. The van der Waals surface area contributed by atoms with E-state index in [0.717, 1.165) is 0 Å². The molecule has 122 valence electrons. The Kier molecular flexibility index (Phi) is 8.39. The van der Waals surface area contributed by atoms with Crippen LogP contribution >= 0.6 is 11.8 Å². The van der Waals surface area contributed by atoms with Gasteiger partial charge in [-0.05, 0) is 26.7 Å². The van der Waals surface area contributed by atoms with E-state index in [-0.39, 0.29) is 24.0 Å². The molecule has 0 radical (unpaired) electrons. The lowest BCUT2D eigenvalue weighted by atomic mass is 10.0. The van der Waals surface area contributed by atoms with Crippen LogP contribution in [0.3, 0.4) is 0 Å². The summed E-state index contributed by atoms with van der Waals surface area (Å²) >= 11 is 1.29. The monoisotopic (exact) mass is 318 g/mol. The van der Waals surface area contributed by atoms with Gasteiger partial charge < -0.3 is 15.8 Å². The summed E-state index contributed by atoms with van der Waals surface area (Å²) in [5, 5.41) is 2.68. The van der Waals surface area contributed by atoms with Gasteiger partial charge in [-0.25, -0.2) is 4.79 Å². The molecule has 0 aliphatic rings. The Morgan fingerprint density at radius 3 is 2.24 bits per heavy atom.